The van der Waals surface area contributed by atoms with Crippen molar-refractivity contribution in [2.75, 3.05) is 16.8 Å². The lowest BCUT2D eigenvalue weighted by molar-refractivity contribution is -0.141. The summed E-state index contributed by atoms with van der Waals surface area (Å²) in [6.07, 6.45) is 5.16. The fourth-order valence-corrected chi connectivity index (χ4v) is 4.23. The molecule has 3 rings (SSSR count). The van der Waals surface area contributed by atoms with Crippen molar-refractivity contribution in [2.45, 2.75) is 83.0 Å². The van der Waals surface area contributed by atoms with Gasteiger partial charge >= 0.3 is 6.18 Å². The normalized spacial score (nSPS) is 21.9. The van der Waals surface area contributed by atoms with E-state index in [1.165, 1.54) is 12.8 Å². The van der Waals surface area contributed by atoms with Crippen LogP contribution < -0.4 is 15.5 Å². The second-order valence-electron chi connectivity index (χ2n) is 7.76. The van der Waals surface area contributed by atoms with Crippen LogP contribution in [0, 0.1) is 0 Å². The Morgan fingerprint density at radius 3 is 2.39 bits per heavy atom. The van der Waals surface area contributed by atoms with Gasteiger partial charge in [-0.3, -0.25) is 0 Å². The number of rotatable bonds is 3. The summed E-state index contributed by atoms with van der Waals surface area (Å²) in [6, 6.07) is 1.43. The molecule has 0 aromatic carbocycles. The molecule has 1 saturated carbocycles. The fraction of sp³-hybridized carbons (Fsp3) is 0.737. The van der Waals surface area contributed by atoms with Gasteiger partial charge in [0.15, 0.2) is 10.8 Å². The van der Waals surface area contributed by atoms with Gasteiger partial charge in [-0.05, 0) is 51.2 Å². The number of halogens is 3. The maximum absolute atomic E-state index is 13.4. The summed E-state index contributed by atoms with van der Waals surface area (Å²) in [5.41, 5.74) is -0.949. The molecule has 156 valence electrons. The zero-order valence-electron chi connectivity index (χ0n) is 16.2. The first-order valence-corrected chi connectivity index (χ1v) is 10.5. The standard InChI is InChI=1S/C19H28F3N5S/c1-13-8-6-7-11-27(13)16-12-15(19(20,21)22)24-17(25-16)26-18(28)23-14-9-4-2-3-5-10-14/h12-14H,2-11H2,1H3,(H2,23,24,25,26,28)/t13-/m1/s1. The van der Waals surface area contributed by atoms with Gasteiger partial charge in [0.2, 0.25) is 5.95 Å². The minimum Gasteiger partial charge on any atom is -0.360 e. The molecule has 1 aromatic heterocycles. The quantitative estimate of drug-likeness (QED) is 0.542. The van der Waals surface area contributed by atoms with Crippen molar-refractivity contribution in [1.29, 1.82) is 0 Å². The lowest BCUT2D eigenvalue weighted by atomic mass is 10.0. The second-order valence-corrected chi connectivity index (χ2v) is 8.17. The van der Waals surface area contributed by atoms with Gasteiger partial charge in [-0.1, -0.05) is 25.7 Å². The van der Waals surface area contributed by atoms with Crippen LogP contribution in [-0.4, -0.2) is 33.7 Å². The van der Waals surface area contributed by atoms with Crippen molar-refractivity contribution < 1.29 is 13.2 Å². The monoisotopic (exact) mass is 415 g/mol. The number of hydrogen-bond donors (Lipinski definition) is 2. The van der Waals surface area contributed by atoms with E-state index in [0.717, 1.165) is 51.0 Å². The molecule has 1 saturated heterocycles. The van der Waals surface area contributed by atoms with Crippen molar-refractivity contribution in [3.63, 3.8) is 0 Å². The summed E-state index contributed by atoms with van der Waals surface area (Å²) in [7, 11) is 0. The Labute approximate surface area is 169 Å². The van der Waals surface area contributed by atoms with Crippen LogP contribution in [0.5, 0.6) is 0 Å². The van der Waals surface area contributed by atoms with Crippen molar-refractivity contribution in [3.05, 3.63) is 11.8 Å². The van der Waals surface area contributed by atoms with Crippen molar-refractivity contribution in [2.24, 2.45) is 0 Å². The van der Waals surface area contributed by atoms with E-state index in [2.05, 4.69) is 20.6 Å². The van der Waals surface area contributed by atoms with Gasteiger partial charge in [-0.25, -0.2) is 4.98 Å². The summed E-state index contributed by atoms with van der Waals surface area (Å²) in [5, 5.41) is 6.29. The molecule has 1 atom stereocenters. The van der Waals surface area contributed by atoms with Gasteiger partial charge in [-0.2, -0.15) is 18.2 Å². The maximum atomic E-state index is 13.4. The van der Waals surface area contributed by atoms with Crippen molar-refractivity contribution in [3.8, 4) is 0 Å². The van der Waals surface area contributed by atoms with Crippen LogP contribution in [0.4, 0.5) is 24.9 Å². The molecule has 2 aliphatic rings. The van der Waals surface area contributed by atoms with E-state index in [1.54, 1.807) is 0 Å². The van der Waals surface area contributed by atoms with Crippen LogP contribution in [0.2, 0.25) is 0 Å². The third kappa shape index (κ3) is 5.68. The van der Waals surface area contributed by atoms with Crippen LogP contribution in [0.25, 0.3) is 0 Å². The number of nitrogens with zero attached hydrogens (tertiary/aromatic N) is 3. The van der Waals surface area contributed by atoms with Gasteiger partial charge in [0.25, 0.3) is 0 Å². The Kier molecular flexibility index (Phi) is 6.95. The maximum Gasteiger partial charge on any atom is 0.433 e. The zero-order valence-corrected chi connectivity index (χ0v) is 17.0. The fourth-order valence-electron chi connectivity index (χ4n) is 3.97. The molecule has 2 heterocycles. The van der Waals surface area contributed by atoms with Crippen LogP contribution in [-0.2, 0) is 6.18 Å². The molecule has 2 N–H and O–H groups in total. The van der Waals surface area contributed by atoms with E-state index >= 15 is 0 Å². The molecule has 0 radical (unpaired) electrons. The molecule has 5 nitrogen and oxygen atoms in total. The SMILES string of the molecule is C[C@@H]1CCCCN1c1cc(C(F)(F)F)nc(NC(=S)NC2CCCCCC2)n1. The first kappa shape index (κ1) is 21.1. The summed E-state index contributed by atoms with van der Waals surface area (Å²) in [6.45, 7) is 2.71. The topological polar surface area (TPSA) is 53.1 Å². The molecule has 0 amide bonds. The first-order chi connectivity index (χ1) is 13.3. The van der Waals surface area contributed by atoms with Crippen molar-refractivity contribution >= 4 is 29.1 Å². The zero-order chi connectivity index (χ0) is 20.1. The highest BCUT2D eigenvalue weighted by atomic mass is 32.1. The molecular formula is C19H28F3N5S. The van der Waals surface area contributed by atoms with E-state index in [0.29, 0.717) is 12.4 Å². The number of anilines is 2. The van der Waals surface area contributed by atoms with E-state index < -0.39 is 11.9 Å². The number of thiocarbonyl (C=S) groups is 1. The Morgan fingerprint density at radius 1 is 1.07 bits per heavy atom. The number of alkyl halides is 3. The predicted molar refractivity (Wildman–Crippen MR) is 109 cm³/mol. The van der Waals surface area contributed by atoms with Crippen LogP contribution in [0.15, 0.2) is 6.07 Å². The molecule has 9 heteroatoms. The summed E-state index contributed by atoms with van der Waals surface area (Å²) < 4.78 is 40.1. The summed E-state index contributed by atoms with van der Waals surface area (Å²) in [5.74, 6) is 0.197. The molecule has 2 fully saturated rings. The van der Waals surface area contributed by atoms with Crippen LogP contribution in [0.3, 0.4) is 0 Å². The number of hydrogen-bond acceptors (Lipinski definition) is 4. The van der Waals surface area contributed by atoms with E-state index in [9.17, 15) is 13.2 Å². The Morgan fingerprint density at radius 2 is 1.75 bits per heavy atom. The first-order valence-electron chi connectivity index (χ1n) is 10.1. The van der Waals surface area contributed by atoms with Gasteiger partial charge in [0, 0.05) is 24.7 Å². The average molecular weight is 416 g/mol. The van der Waals surface area contributed by atoms with Gasteiger partial charge in [0.1, 0.15) is 5.82 Å². The minimum absolute atomic E-state index is 0.103. The molecule has 0 spiro atoms. The summed E-state index contributed by atoms with van der Waals surface area (Å²) >= 11 is 5.32. The van der Waals surface area contributed by atoms with Crippen molar-refractivity contribution in [1.82, 2.24) is 15.3 Å². The lowest BCUT2D eigenvalue weighted by Crippen LogP contribution is -2.39. The second kappa shape index (κ2) is 9.24. The molecule has 1 aliphatic carbocycles. The Balaban J connectivity index is 1.77. The lowest BCUT2D eigenvalue weighted by Gasteiger charge is -2.34. The van der Waals surface area contributed by atoms with E-state index in [1.807, 2.05) is 11.8 Å². The number of nitrogens with one attached hydrogen (secondary N) is 2. The molecular weight excluding hydrogens is 387 g/mol. The average Bonchev–Trinajstić information content (AvgIpc) is 2.89. The van der Waals surface area contributed by atoms with E-state index in [4.69, 9.17) is 12.2 Å². The molecule has 1 aliphatic heterocycles. The summed E-state index contributed by atoms with van der Waals surface area (Å²) in [4.78, 5) is 9.95. The predicted octanol–water partition coefficient (Wildman–Crippen LogP) is 4.88. The molecule has 28 heavy (non-hydrogen) atoms. The Hall–Kier alpha value is -1.64. The Bertz CT molecular complexity index is 674. The smallest absolute Gasteiger partial charge is 0.360 e. The molecule has 0 unspecified atom stereocenters. The molecule has 0 bridgehead atoms. The third-order valence-corrected chi connectivity index (χ3v) is 5.74. The third-order valence-electron chi connectivity index (χ3n) is 5.52. The minimum atomic E-state index is -4.54. The van der Waals surface area contributed by atoms with Crippen LogP contribution >= 0.6 is 12.2 Å². The largest absolute Gasteiger partial charge is 0.433 e. The number of aromatic nitrogens is 2. The highest BCUT2D eigenvalue weighted by Gasteiger charge is 2.35. The van der Waals surface area contributed by atoms with Gasteiger partial charge in [0.05, 0.1) is 0 Å². The molecule has 1 aromatic rings. The number of piperidine rings is 1. The van der Waals surface area contributed by atoms with Gasteiger partial charge in [-0.15, -0.1) is 0 Å². The van der Waals surface area contributed by atoms with E-state index in [-0.39, 0.29) is 23.1 Å². The highest BCUT2D eigenvalue weighted by molar-refractivity contribution is 7.80. The van der Waals surface area contributed by atoms with Gasteiger partial charge < -0.3 is 15.5 Å². The highest BCUT2D eigenvalue weighted by Crippen LogP contribution is 2.32. The van der Waals surface area contributed by atoms with Crippen LogP contribution in [0.1, 0.15) is 70.4 Å².